The summed E-state index contributed by atoms with van der Waals surface area (Å²) in [6.45, 7) is 6.87. The average Bonchev–Trinajstić information content (AvgIpc) is 3.04. The SMILES string of the molecule is CCCC(=O)NC(Cc1cc(I)c(O)c(I)c1)C(=O)NCCCNCCCCNCCCNC(=O)C(N)CCCN=C(N)N.O=C(O)C(F)(F)F. The highest BCUT2D eigenvalue weighted by Gasteiger charge is 2.38. The van der Waals surface area contributed by atoms with Crippen molar-refractivity contribution < 1.29 is 42.6 Å². The predicted molar refractivity (Wildman–Crippen MR) is 206 cm³/mol. The summed E-state index contributed by atoms with van der Waals surface area (Å²) >= 11 is 4.13. The number of amides is 3. The molecule has 0 saturated carbocycles. The first-order valence-corrected chi connectivity index (χ1v) is 18.7. The van der Waals surface area contributed by atoms with Crippen LogP contribution in [0.5, 0.6) is 5.75 Å². The minimum Gasteiger partial charge on any atom is -0.506 e. The normalized spacial score (nSPS) is 12.1. The molecule has 0 aliphatic heterocycles. The number of rotatable bonds is 24. The fourth-order valence-corrected chi connectivity index (χ4v) is 6.08. The van der Waals surface area contributed by atoms with Crippen LogP contribution in [0, 0.1) is 7.14 Å². The number of nitrogens with one attached hydrogen (secondary N) is 5. The molecule has 1 rings (SSSR count). The van der Waals surface area contributed by atoms with E-state index in [0.717, 1.165) is 57.4 Å². The monoisotopic (exact) mass is 957 g/mol. The third kappa shape index (κ3) is 25.0. The third-order valence-electron chi connectivity index (χ3n) is 6.81. The van der Waals surface area contributed by atoms with E-state index in [1.165, 1.54) is 0 Å². The van der Waals surface area contributed by atoms with Gasteiger partial charge in [-0.05, 0) is 134 Å². The van der Waals surface area contributed by atoms with Crippen molar-refractivity contribution in [1.29, 1.82) is 0 Å². The van der Waals surface area contributed by atoms with Crippen LogP contribution in [0.4, 0.5) is 13.2 Å². The van der Waals surface area contributed by atoms with Crippen molar-refractivity contribution in [2.24, 2.45) is 22.2 Å². The average molecular weight is 958 g/mol. The summed E-state index contributed by atoms with van der Waals surface area (Å²) in [5, 5.41) is 32.6. The van der Waals surface area contributed by atoms with Gasteiger partial charge in [0.15, 0.2) is 5.96 Å². The predicted octanol–water partition coefficient (Wildman–Crippen LogP) is 1.42. The molecule has 0 aliphatic rings. The second kappa shape index (κ2) is 27.9. The maximum Gasteiger partial charge on any atom is 0.490 e. The highest BCUT2D eigenvalue weighted by Crippen LogP contribution is 2.28. The fourth-order valence-electron chi connectivity index (χ4n) is 4.18. The van der Waals surface area contributed by atoms with Crippen LogP contribution in [-0.4, -0.2) is 104 Å². The van der Waals surface area contributed by atoms with Crippen molar-refractivity contribution in [2.45, 2.75) is 83.0 Å². The number of phenols is 1. The first-order chi connectivity index (χ1) is 24.0. The van der Waals surface area contributed by atoms with Crippen LogP contribution in [0.25, 0.3) is 0 Å². The molecular formula is C31H52F3I2N9O6. The molecule has 0 saturated heterocycles. The quantitative estimate of drug-likeness (QED) is 0.0307. The Morgan fingerprint density at radius 3 is 1.82 bits per heavy atom. The lowest BCUT2D eigenvalue weighted by Crippen LogP contribution is -2.48. The molecule has 0 radical (unpaired) electrons. The summed E-state index contributed by atoms with van der Waals surface area (Å²) in [6, 6.07) is 2.44. The number of nitrogens with zero attached hydrogens (tertiary/aromatic N) is 1. The molecule has 0 fully saturated rings. The molecule has 0 bridgehead atoms. The summed E-state index contributed by atoms with van der Waals surface area (Å²) < 4.78 is 33.2. The van der Waals surface area contributed by atoms with Crippen molar-refractivity contribution in [2.75, 3.05) is 45.8 Å². The van der Waals surface area contributed by atoms with Crippen molar-refractivity contribution in [1.82, 2.24) is 26.6 Å². The molecule has 2 unspecified atom stereocenters. The Kier molecular flexibility index (Phi) is 26.4. The molecule has 15 nitrogen and oxygen atoms in total. The van der Waals surface area contributed by atoms with Crippen LogP contribution in [0.1, 0.15) is 63.9 Å². The third-order valence-corrected chi connectivity index (χ3v) is 8.45. The smallest absolute Gasteiger partial charge is 0.490 e. The minimum absolute atomic E-state index is 0.0410. The van der Waals surface area contributed by atoms with E-state index in [-0.39, 0.29) is 29.4 Å². The number of phenolic OH excluding ortho intramolecular Hbond substituents is 1. The number of carbonyl (C=O) groups is 4. The van der Waals surface area contributed by atoms with E-state index >= 15 is 0 Å². The molecule has 0 aromatic heterocycles. The highest BCUT2D eigenvalue weighted by molar-refractivity contribution is 14.1. The number of unbranched alkanes of at least 4 members (excludes halogenated alkanes) is 1. The van der Waals surface area contributed by atoms with Crippen molar-refractivity contribution in [3.63, 3.8) is 0 Å². The molecule has 20 heteroatoms. The largest absolute Gasteiger partial charge is 0.506 e. The maximum absolute atomic E-state index is 12.9. The number of nitrogens with two attached hydrogens (primary N) is 3. The number of aliphatic carboxylic acids is 1. The van der Waals surface area contributed by atoms with Crippen LogP contribution in [0.15, 0.2) is 17.1 Å². The lowest BCUT2D eigenvalue weighted by molar-refractivity contribution is -0.192. The van der Waals surface area contributed by atoms with E-state index in [1.54, 1.807) is 0 Å². The van der Waals surface area contributed by atoms with Gasteiger partial charge in [-0.3, -0.25) is 19.4 Å². The number of halogens is 5. The van der Waals surface area contributed by atoms with Gasteiger partial charge < -0.3 is 54.0 Å². The van der Waals surface area contributed by atoms with Crippen LogP contribution < -0.4 is 43.8 Å². The van der Waals surface area contributed by atoms with E-state index in [9.17, 15) is 32.7 Å². The number of carbonyl (C=O) groups excluding carboxylic acids is 3. The van der Waals surface area contributed by atoms with Gasteiger partial charge in [-0.2, -0.15) is 13.2 Å². The Balaban J connectivity index is 0.00000321. The lowest BCUT2D eigenvalue weighted by atomic mass is 10.0. The molecule has 13 N–H and O–H groups in total. The Hall–Kier alpha value is -2.70. The first kappa shape index (κ1) is 48.3. The van der Waals surface area contributed by atoms with Gasteiger partial charge in [0.25, 0.3) is 0 Å². The van der Waals surface area contributed by atoms with E-state index in [1.807, 2.05) is 19.1 Å². The molecule has 3 amide bonds. The number of alkyl halides is 3. The fraction of sp³-hybridized carbons (Fsp3) is 0.645. The van der Waals surface area contributed by atoms with E-state index in [4.69, 9.17) is 27.1 Å². The molecule has 0 spiro atoms. The standard InChI is InChI=1S/C29H51I2N9O4.C2HF3O2/c1-2-8-25(41)40-24(19-20-17-21(30)26(42)22(31)18-20)28(44)38-16-7-13-36-11-4-3-10-35-12-6-15-37-27(43)23(32)9-5-14-39-29(33)34;3-2(4,5)1(6)7/h17-18,23-24,35-36,42H,2-16,19,32H2,1H3,(H,37,43)(H,38,44)(H,40,41)(H4,33,34,39);(H,6,7). The number of aliphatic imine (C=N–C) groups is 1. The number of aromatic hydroxyl groups is 1. The van der Waals surface area contributed by atoms with Gasteiger partial charge in [-0.15, -0.1) is 0 Å². The number of carboxylic acids is 1. The van der Waals surface area contributed by atoms with Crippen molar-refractivity contribution in [3.8, 4) is 5.75 Å². The Bertz CT molecular complexity index is 1220. The zero-order chi connectivity index (χ0) is 38.8. The second-order valence-electron chi connectivity index (χ2n) is 11.3. The van der Waals surface area contributed by atoms with Gasteiger partial charge >= 0.3 is 12.1 Å². The van der Waals surface area contributed by atoms with Gasteiger partial charge in [0.2, 0.25) is 17.7 Å². The van der Waals surface area contributed by atoms with Gasteiger partial charge in [-0.25, -0.2) is 4.79 Å². The number of benzene rings is 1. The second-order valence-corrected chi connectivity index (χ2v) is 13.7. The molecule has 51 heavy (non-hydrogen) atoms. The zero-order valence-corrected chi connectivity index (χ0v) is 33.0. The summed E-state index contributed by atoms with van der Waals surface area (Å²) in [5.41, 5.74) is 17.3. The topological polar surface area (TPSA) is 259 Å². The van der Waals surface area contributed by atoms with Crippen LogP contribution in [0.2, 0.25) is 0 Å². The van der Waals surface area contributed by atoms with Crippen LogP contribution in [0.3, 0.4) is 0 Å². The van der Waals surface area contributed by atoms with Crippen molar-refractivity contribution >= 4 is 74.8 Å². The van der Waals surface area contributed by atoms with E-state index < -0.39 is 24.2 Å². The maximum atomic E-state index is 12.9. The summed E-state index contributed by atoms with van der Waals surface area (Å²) in [6.07, 6.45) is 1.19. The number of hydrogen-bond acceptors (Lipinski definition) is 9. The first-order valence-electron chi connectivity index (χ1n) is 16.5. The molecule has 0 heterocycles. The molecule has 0 aliphatic carbocycles. The summed E-state index contributed by atoms with van der Waals surface area (Å²) in [4.78, 5) is 49.9. The lowest BCUT2D eigenvalue weighted by Gasteiger charge is -2.19. The summed E-state index contributed by atoms with van der Waals surface area (Å²) in [5.74, 6) is -3.00. The van der Waals surface area contributed by atoms with E-state index in [2.05, 4.69) is 76.8 Å². The molecule has 1 aromatic carbocycles. The van der Waals surface area contributed by atoms with Gasteiger partial charge in [0, 0.05) is 32.5 Å². The van der Waals surface area contributed by atoms with E-state index in [0.29, 0.717) is 58.9 Å². The summed E-state index contributed by atoms with van der Waals surface area (Å²) in [7, 11) is 0. The molecule has 292 valence electrons. The Morgan fingerprint density at radius 1 is 0.863 bits per heavy atom. The van der Waals surface area contributed by atoms with Gasteiger partial charge in [0.05, 0.1) is 13.2 Å². The van der Waals surface area contributed by atoms with Crippen molar-refractivity contribution in [3.05, 3.63) is 24.8 Å². The van der Waals surface area contributed by atoms with Gasteiger partial charge in [0.1, 0.15) is 11.8 Å². The highest BCUT2D eigenvalue weighted by atomic mass is 127. The Morgan fingerprint density at radius 2 is 1.35 bits per heavy atom. The zero-order valence-electron chi connectivity index (χ0n) is 28.7. The minimum atomic E-state index is -5.08. The number of carboxylic acid groups (broad SMARTS) is 1. The Labute approximate surface area is 323 Å². The number of hydrogen-bond donors (Lipinski definition) is 10. The number of guanidine groups is 1. The molecular weight excluding hydrogens is 905 g/mol. The van der Waals surface area contributed by atoms with Gasteiger partial charge in [-0.1, -0.05) is 6.92 Å². The van der Waals surface area contributed by atoms with Crippen LogP contribution in [-0.2, 0) is 25.6 Å². The molecule has 1 aromatic rings. The van der Waals surface area contributed by atoms with Crippen LogP contribution >= 0.6 is 45.2 Å². The molecule has 2 atom stereocenters.